The molecule has 2 aromatic carbocycles. The second-order valence-corrected chi connectivity index (χ2v) is 15.2. The number of methoxy groups -OCH3 is 1. The summed E-state index contributed by atoms with van der Waals surface area (Å²) in [4.78, 5) is 15.7. The fourth-order valence-corrected chi connectivity index (χ4v) is 8.97. The van der Waals surface area contributed by atoms with Crippen LogP contribution in [0.2, 0.25) is 5.02 Å². The maximum atomic E-state index is 13.6. The fourth-order valence-electron chi connectivity index (χ4n) is 7.75. The van der Waals surface area contributed by atoms with Crippen molar-refractivity contribution in [1.82, 2.24) is 10.0 Å². The summed E-state index contributed by atoms with van der Waals surface area (Å²) in [5.74, 6) is 1.03. The third-order valence-electron chi connectivity index (χ3n) is 10.3. The predicted octanol–water partition coefficient (Wildman–Crippen LogP) is 4.60. The van der Waals surface area contributed by atoms with Crippen LogP contribution in [0.25, 0.3) is 0 Å². The standard InChI is InChI=1S/C33H40ClN3O5S/c1-41-29-5-3-15-35-31(21-6-7-21)32(38)36-43(39,40)25-10-13-30-28(17-25)37(18-23-8-11-26(23)29)19-33(20-42-30)14-2-4-22-16-24(34)9-12-27(22)33/h3,5,9-10,12-13,16-17,21,23,26,29,31,35H,2,4,6-8,11,14-15,18-20H2,1H3,(H,36,38)/b5-3+/t23-,26+,29+,31?,33-/m0/s1. The number of anilines is 1. The average Bonchev–Trinajstić information content (AvgIpc) is 3.82. The number of hydrogen-bond donors (Lipinski definition) is 2. The van der Waals surface area contributed by atoms with Crippen LogP contribution in [0.4, 0.5) is 5.69 Å². The summed E-state index contributed by atoms with van der Waals surface area (Å²) in [5, 5.41) is 4.02. The molecule has 1 spiro atoms. The third-order valence-corrected chi connectivity index (χ3v) is 11.9. The van der Waals surface area contributed by atoms with E-state index < -0.39 is 22.0 Å². The number of benzene rings is 2. The number of hydrogen-bond acceptors (Lipinski definition) is 7. The van der Waals surface area contributed by atoms with Gasteiger partial charge in [-0.3, -0.25) is 4.79 Å². The quantitative estimate of drug-likeness (QED) is 0.471. The highest BCUT2D eigenvalue weighted by atomic mass is 35.5. The Labute approximate surface area is 259 Å². The number of nitrogens with zero attached hydrogens (tertiary/aromatic N) is 1. The van der Waals surface area contributed by atoms with Crippen LogP contribution >= 0.6 is 11.6 Å². The van der Waals surface area contributed by atoms with E-state index in [1.165, 1.54) is 11.1 Å². The molecule has 3 aliphatic carbocycles. The summed E-state index contributed by atoms with van der Waals surface area (Å²) in [6, 6.07) is 10.6. The van der Waals surface area contributed by atoms with E-state index in [1.807, 2.05) is 12.1 Å². The smallest absolute Gasteiger partial charge is 0.264 e. The lowest BCUT2D eigenvalue weighted by Gasteiger charge is -2.46. The first-order chi connectivity index (χ1) is 20.8. The highest BCUT2D eigenvalue weighted by Gasteiger charge is 2.45. The predicted molar refractivity (Wildman–Crippen MR) is 166 cm³/mol. The van der Waals surface area contributed by atoms with Crippen molar-refractivity contribution in [2.45, 2.75) is 67.4 Å². The molecule has 10 heteroatoms. The number of halogens is 1. The molecular formula is C33H40ClN3O5S. The van der Waals surface area contributed by atoms with Crippen molar-refractivity contribution in [1.29, 1.82) is 0 Å². The Morgan fingerprint density at radius 3 is 2.70 bits per heavy atom. The van der Waals surface area contributed by atoms with Gasteiger partial charge in [0.15, 0.2) is 0 Å². The number of carbonyl (C=O) groups excluding carboxylic acids is 1. The number of sulfonamides is 1. The highest BCUT2D eigenvalue weighted by molar-refractivity contribution is 7.90. The number of carbonyl (C=O) groups is 1. The van der Waals surface area contributed by atoms with Crippen molar-refractivity contribution in [3.8, 4) is 5.75 Å². The Morgan fingerprint density at radius 1 is 1.09 bits per heavy atom. The Balaban J connectivity index is 1.30. The van der Waals surface area contributed by atoms with E-state index in [9.17, 15) is 13.2 Å². The van der Waals surface area contributed by atoms with Gasteiger partial charge >= 0.3 is 0 Å². The molecule has 1 amide bonds. The molecule has 0 saturated heterocycles. The lowest BCUT2D eigenvalue weighted by molar-refractivity contribution is -0.121. The summed E-state index contributed by atoms with van der Waals surface area (Å²) >= 11 is 6.41. The number of aryl methyl sites for hydroxylation is 1. The van der Waals surface area contributed by atoms with Crippen LogP contribution in [-0.2, 0) is 31.4 Å². The molecule has 43 heavy (non-hydrogen) atoms. The van der Waals surface area contributed by atoms with Crippen LogP contribution in [-0.4, -0.2) is 59.8 Å². The Morgan fingerprint density at radius 2 is 1.93 bits per heavy atom. The first-order valence-corrected chi connectivity index (χ1v) is 17.4. The minimum Gasteiger partial charge on any atom is -0.490 e. The summed E-state index contributed by atoms with van der Waals surface area (Å²) in [6.07, 6.45) is 11.1. The van der Waals surface area contributed by atoms with Crippen molar-refractivity contribution < 1.29 is 22.7 Å². The molecule has 2 aromatic rings. The topological polar surface area (TPSA) is 97.0 Å². The van der Waals surface area contributed by atoms with Gasteiger partial charge in [0.2, 0.25) is 0 Å². The number of fused-ring (bicyclic) bond motifs is 4. The largest absolute Gasteiger partial charge is 0.490 e. The molecule has 5 atom stereocenters. The second-order valence-electron chi connectivity index (χ2n) is 13.1. The molecule has 0 radical (unpaired) electrons. The van der Waals surface area contributed by atoms with Gasteiger partial charge in [0, 0.05) is 37.2 Å². The van der Waals surface area contributed by atoms with Crippen LogP contribution in [0.1, 0.15) is 49.7 Å². The molecule has 8 nitrogen and oxygen atoms in total. The number of rotatable bonds is 2. The molecule has 7 rings (SSSR count). The van der Waals surface area contributed by atoms with E-state index in [4.69, 9.17) is 21.1 Å². The maximum Gasteiger partial charge on any atom is 0.264 e. The Bertz CT molecular complexity index is 1540. The first-order valence-electron chi connectivity index (χ1n) is 15.6. The van der Waals surface area contributed by atoms with Crippen molar-refractivity contribution in [2.75, 3.05) is 38.3 Å². The van der Waals surface area contributed by atoms with Gasteiger partial charge < -0.3 is 19.7 Å². The van der Waals surface area contributed by atoms with Crippen molar-refractivity contribution in [2.24, 2.45) is 17.8 Å². The van der Waals surface area contributed by atoms with E-state index in [0.29, 0.717) is 37.3 Å². The second kappa shape index (κ2) is 11.4. The highest BCUT2D eigenvalue weighted by Crippen LogP contribution is 2.47. The zero-order valence-electron chi connectivity index (χ0n) is 24.6. The molecular weight excluding hydrogens is 586 g/mol. The van der Waals surface area contributed by atoms with E-state index in [2.05, 4.69) is 33.1 Å². The molecule has 2 fully saturated rings. The van der Waals surface area contributed by atoms with Crippen LogP contribution in [0, 0.1) is 17.8 Å². The molecule has 1 unspecified atom stereocenters. The summed E-state index contributed by atoms with van der Waals surface area (Å²) in [6.45, 7) is 2.44. The molecule has 0 aromatic heterocycles. The van der Waals surface area contributed by atoms with Gasteiger partial charge in [-0.2, -0.15) is 0 Å². The third kappa shape index (κ3) is 5.58. The molecule has 2 saturated carbocycles. The Hall–Kier alpha value is -2.59. The fraction of sp³-hybridized carbons (Fsp3) is 0.545. The van der Waals surface area contributed by atoms with E-state index in [1.54, 1.807) is 25.3 Å². The van der Waals surface area contributed by atoms with Crippen molar-refractivity contribution >= 4 is 33.2 Å². The summed E-state index contributed by atoms with van der Waals surface area (Å²) in [7, 11) is -2.33. The monoisotopic (exact) mass is 625 g/mol. The van der Waals surface area contributed by atoms with Crippen LogP contribution in [0.5, 0.6) is 5.75 Å². The minimum absolute atomic E-state index is 0.0254. The van der Waals surface area contributed by atoms with Gasteiger partial charge in [0.05, 0.1) is 29.3 Å². The normalized spacial score (nSPS) is 32.8. The minimum atomic E-state index is -4.09. The zero-order chi connectivity index (χ0) is 29.8. The summed E-state index contributed by atoms with van der Waals surface area (Å²) < 4.78 is 42.1. The zero-order valence-corrected chi connectivity index (χ0v) is 26.1. The van der Waals surface area contributed by atoms with Gasteiger partial charge in [0.1, 0.15) is 5.75 Å². The van der Waals surface area contributed by atoms with E-state index >= 15 is 0 Å². The average molecular weight is 626 g/mol. The van der Waals surface area contributed by atoms with Gasteiger partial charge in [-0.25, -0.2) is 13.1 Å². The molecule has 5 aliphatic rings. The van der Waals surface area contributed by atoms with Gasteiger partial charge in [-0.05, 0) is 104 Å². The molecule has 230 valence electrons. The van der Waals surface area contributed by atoms with Crippen LogP contribution < -0.4 is 19.7 Å². The SMILES string of the molecule is CO[C@@H]1/C=C/CNC(C2CC2)C(=O)NS(=O)(=O)c2ccc3c(c2)N(C[C@@H]2CC[C@H]21)C[C@@]1(CCCc2cc(Cl)ccc21)CO3. The number of ether oxygens (including phenoxy) is 2. The van der Waals surface area contributed by atoms with Gasteiger partial charge in [0.25, 0.3) is 15.9 Å². The van der Waals surface area contributed by atoms with Gasteiger partial charge in [-0.15, -0.1) is 0 Å². The molecule has 2 aliphatic heterocycles. The van der Waals surface area contributed by atoms with Crippen LogP contribution in [0.15, 0.2) is 53.4 Å². The van der Waals surface area contributed by atoms with Crippen LogP contribution in [0.3, 0.4) is 0 Å². The Kier molecular flexibility index (Phi) is 7.73. The summed E-state index contributed by atoms with van der Waals surface area (Å²) in [5.41, 5.74) is 3.03. The lowest BCUT2D eigenvalue weighted by atomic mass is 9.68. The maximum absolute atomic E-state index is 13.6. The number of amides is 1. The van der Waals surface area contributed by atoms with Gasteiger partial charge in [-0.1, -0.05) is 29.8 Å². The molecule has 2 heterocycles. The van der Waals surface area contributed by atoms with Crippen molar-refractivity contribution in [3.63, 3.8) is 0 Å². The van der Waals surface area contributed by atoms with E-state index in [-0.39, 0.29) is 22.3 Å². The first kappa shape index (κ1) is 29.1. The van der Waals surface area contributed by atoms with Crippen molar-refractivity contribution in [3.05, 3.63) is 64.7 Å². The lowest BCUT2D eigenvalue weighted by Crippen LogP contribution is -2.50. The number of nitrogens with one attached hydrogen (secondary N) is 2. The molecule has 2 N–H and O–H groups in total. The molecule has 2 bridgehead atoms. The van der Waals surface area contributed by atoms with E-state index in [0.717, 1.165) is 62.2 Å².